The van der Waals surface area contributed by atoms with Crippen molar-refractivity contribution in [2.24, 2.45) is 47.3 Å². The summed E-state index contributed by atoms with van der Waals surface area (Å²) in [5, 5.41) is 46.4. The van der Waals surface area contributed by atoms with Gasteiger partial charge in [0.05, 0.1) is 73.7 Å². The van der Waals surface area contributed by atoms with Crippen LogP contribution in [0.25, 0.3) is 0 Å². The van der Waals surface area contributed by atoms with Gasteiger partial charge in [-0.1, -0.05) is 72.8 Å². The lowest BCUT2D eigenvalue weighted by Crippen LogP contribution is -2.62. The van der Waals surface area contributed by atoms with Gasteiger partial charge in [0.2, 0.25) is 0 Å². The predicted molar refractivity (Wildman–Crippen MR) is 294 cm³/mol. The molecule has 0 radical (unpaired) electrons. The van der Waals surface area contributed by atoms with Crippen molar-refractivity contribution < 1.29 is 32.5 Å². The van der Waals surface area contributed by atoms with E-state index in [9.17, 15) is 5.11 Å². The number of fused-ring (bicyclic) bond motifs is 20. The lowest BCUT2D eigenvalue weighted by atomic mass is 9.74. The predicted octanol–water partition coefficient (Wildman–Crippen LogP) is 5.33. The maximum atomic E-state index is 12.6. The molecule has 4 aromatic carbocycles. The molecular weight excluding hydrogens is 1030 g/mol. The van der Waals surface area contributed by atoms with Gasteiger partial charge >= 0.3 is 8.26 Å². The van der Waals surface area contributed by atoms with Crippen molar-refractivity contribution in [2.75, 3.05) is 0 Å². The molecule has 13 rings (SSSR count). The molecule has 0 spiro atoms. The van der Waals surface area contributed by atoms with Gasteiger partial charge in [-0.15, -0.1) is 0 Å². The molecule has 15 nitrogen and oxygen atoms in total. The first-order valence-corrected chi connectivity index (χ1v) is 30.4. The van der Waals surface area contributed by atoms with Crippen LogP contribution < -0.4 is 61.5 Å². The first-order valence-electron chi connectivity index (χ1n) is 27.3. The minimum Gasteiger partial charge on any atom is -0.490 e. The number of para-hydroxylation sites is 4. The van der Waals surface area contributed by atoms with Crippen LogP contribution in [0.4, 0.5) is 0 Å². The Kier molecular flexibility index (Phi) is 16.9. The van der Waals surface area contributed by atoms with Crippen molar-refractivity contribution in [1.82, 2.24) is 42.5 Å². The molecule has 4 saturated carbocycles. The highest BCUT2D eigenvalue weighted by Crippen LogP contribution is 2.47. The van der Waals surface area contributed by atoms with E-state index in [2.05, 4.69) is 155 Å². The Hall–Kier alpha value is -3.22. The zero-order chi connectivity index (χ0) is 50.3. The van der Waals surface area contributed by atoms with Crippen molar-refractivity contribution in [3.05, 3.63) is 121 Å². The third kappa shape index (κ3) is 12.3. The Morgan fingerprint density at radius 1 is 0.373 bits per heavy atom. The van der Waals surface area contributed by atoms with Crippen LogP contribution in [0.2, 0.25) is 0 Å². The summed E-state index contributed by atoms with van der Waals surface area (Å²) in [6, 6.07) is 41.2. The Morgan fingerprint density at radius 3 is 0.973 bits per heavy atom. The standard InChI is InChI=1S/C56H72N8O5.Al.Cl2O2S.3H/c65-48-46(69-35-19-11-4-12-20-35)28-27-42-47(48)56-63-51-41-26-23-38(68-34-17-9-3-10-18-34)31-45(41)54(61-51)59-49-39-24-21-36(66-32-13-5-1-6-14-32)29-43(39)53(57-49)58-50-40-25-22-37(67-33-15-7-2-8-16-33)30-44(40)55(60-50)62-52(42)64-56;;1-5(2,3)4;;;/h1-20,36-65H,21-31H2;;;;;. The van der Waals surface area contributed by atoms with Gasteiger partial charge in [-0.2, -0.15) is 8.42 Å². The van der Waals surface area contributed by atoms with Gasteiger partial charge < -0.3 is 24.1 Å². The van der Waals surface area contributed by atoms with Gasteiger partial charge in [0, 0.05) is 27.3 Å². The summed E-state index contributed by atoms with van der Waals surface area (Å²) in [4.78, 5) is 0. The fourth-order valence-electron chi connectivity index (χ4n) is 15.1. The molecule has 0 aromatic heterocycles. The van der Waals surface area contributed by atoms with Crippen LogP contribution in [0.5, 0.6) is 23.0 Å². The molecule has 19 heteroatoms. The Labute approximate surface area is 461 Å². The van der Waals surface area contributed by atoms with Crippen LogP contribution in [-0.4, -0.2) is 111 Å². The molecule has 0 amide bonds. The van der Waals surface area contributed by atoms with E-state index in [1.807, 2.05) is 30.3 Å². The number of benzene rings is 4. The average Bonchev–Trinajstić information content (AvgIpc) is 4.13. The molecule has 21 atom stereocenters. The summed E-state index contributed by atoms with van der Waals surface area (Å²) in [6.45, 7) is 0. The zero-order valence-electron chi connectivity index (χ0n) is 41.5. The van der Waals surface area contributed by atoms with E-state index in [-0.39, 0.29) is 103 Å². The molecule has 4 aromatic rings. The Bertz CT molecular complexity index is 2530. The van der Waals surface area contributed by atoms with Crippen molar-refractivity contribution in [1.29, 1.82) is 0 Å². The summed E-state index contributed by atoms with van der Waals surface area (Å²) >= 11 is 0. The van der Waals surface area contributed by atoms with E-state index in [1.54, 1.807) is 0 Å². The Balaban J connectivity index is 0.000000960. The average molecular weight is 1100 g/mol. The highest BCUT2D eigenvalue weighted by Gasteiger charge is 2.58. The van der Waals surface area contributed by atoms with E-state index < -0.39 is 14.4 Å². The van der Waals surface area contributed by atoms with E-state index >= 15 is 0 Å². The van der Waals surface area contributed by atoms with Crippen LogP contribution in [0.15, 0.2) is 121 Å². The van der Waals surface area contributed by atoms with Gasteiger partial charge in [-0.05, 0) is 161 Å². The number of rotatable bonds is 8. The van der Waals surface area contributed by atoms with E-state index in [0.717, 1.165) is 93.6 Å². The van der Waals surface area contributed by atoms with Gasteiger partial charge in [0.25, 0.3) is 0 Å². The summed E-state index contributed by atoms with van der Waals surface area (Å²) in [6.07, 6.45) is 10.7. The maximum Gasteiger partial charge on any atom is 0.317 e. The lowest BCUT2D eigenvalue weighted by molar-refractivity contribution is -0.0581. The largest absolute Gasteiger partial charge is 0.490 e. The SMILES string of the molecule is O=S(=O)(Cl)Cl.OC1C(Oc2ccccc2)CCC2C3NC4NC(NC5NC(NC6NC(NC(N3)C12)C1CCC(Oc2ccccc2)CC61)C1CCC(Oc2ccccc2)CC51)C1CCC(Oc2ccccc2)CC41.[AlH3]. The second-order valence-corrected chi connectivity index (χ2v) is 26.1. The molecule has 9 N–H and O–H groups in total. The summed E-state index contributed by atoms with van der Waals surface area (Å²) in [5.41, 5.74) is 0. The van der Waals surface area contributed by atoms with E-state index in [0.29, 0.717) is 35.5 Å². The molecule has 4 aliphatic carbocycles. The van der Waals surface area contributed by atoms with Gasteiger partial charge in [-0.3, -0.25) is 42.5 Å². The molecule has 5 heterocycles. The first kappa shape index (κ1) is 53.8. The van der Waals surface area contributed by atoms with Gasteiger partial charge in [-0.25, -0.2) is 0 Å². The third-order valence-corrected chi connectivity index (χ3v) is 18.2. The van der Waals surface area contributed by atoms with Crippen LogP contribution in [0.1, 0.15) is 70.6 Å². The highest BCUT2D eigenvalue weighted by molar-refractivity contribution is 8.31. The molecule has 5 aliphatic heterocycles. The molecule has 9 aliphatic rings. The fourth-order valence-corrected chi connectivity index (χ4v) is 15.1. The molecule has 21 unspecified atom stereocenters. The Morgan fingerprint density at radius 2 is 0.640 bits per heavy atom. The van der Waals surface area contributed by atoms with Crippen LogP contribution in [0, 0.1) is 47.3 Å². The summed E-state index contributed by atoms with van der Waals surface area (Å²) in [7, 11) is 4.81. The minimum absolute atomic E-state index is 0. The first-order chi connectivity index (χ1) is 36.0. The summed E-state index contributed by atoms with van der Waals surface area (Å²) < 4.78 is 45.2. The monoisotopic (exact) mass is 1100 g/mol. The second kappa shape index (κ2) is 23.6. The molecule has 404 valence electrons. The molecule has 9 fully saturated rings. The number of hydrogen-bond acceptors (Lipinski definition) is 15. The number of nitrogens with one attached hydrogen (secondary N) is 8. The van der Waals surface area contributed by atoms with Crippen molar-refractivity contribution in [2.45, 2.75) is 150 Å². The number of aliphatic hydroxyl groups is 1. The van der Waals surface area contributed by atoms with Crippen LogP contribution in [-0.2, 0) is 8.26 Å². The topological polar surface area (TPSA) is 188 Å². The fraction of sp³-hybridized carbons (Fsp3) is 0.571. The van der Waals surface area contributed by atoms with E-state index in [4.69, 9.17) is 27.4 Å². The van der Waals surface area contributed by atoms with Crippen molar-refractivity contribution in [3.8, 4) is 23.0 Å². The van der Waals surface area contributed by atoms with Gasteiger partial charge in [0.1, 0.15) is 29.1 Å². The van der Waals surface area contributed by atoms with Crippen LogP contribution in [0.3, 0.4) is 0 Å². The molecular formula is C56H75AlCl2N8O7S. The van der Waals surface area contributed by atoms with E-state index in [1.165, 1.54) is 0 Å². The van der Waals surface area contributed by atoms with Crippen molar-refractivity contribution in [3.63, 3.8) is 0 Å². The highest BCUT2D eigenvalue weighted by atomic mass is 36.0. The second-order valence-electron chi connectivity index (χ2n) is 22.4. The quantitative estimate of drug-likeness (QED) is 0.0814. The minimum atomic E-state index is -3.72. The normalized spacial score (nSPS) is 40.7. The molecule has 8 bridgehead atoms. The molecule has 5 saturated heterocycles. The summed E-state index contributed by atoms with van der Waals surface area (Å²) in [5.74, 6) is 6.07. The number of aliphatic hydroxyl groups excluding tert-OH is 1. The number of halogens is 2. The molecule has 75 heavy (non-hydrogen) atoms. The maximum absolute atomic E-state index is 12.6. The lowest BCUT2D eigenvalue weighted by Gasteiger charge is -2.41. The zero-order valence-corrected chi connectivity index (χ0v) is 43.8. The van der Waals surface area contributed by atoms with Gasteiger partial charge in [0.15, 0.2) is 17.4 Å². The number of hydrogen-bond donors (Lipinski definition) is 9. The van der Waals surface area contributed by atoms with Crippen molar-refractivity contribution >= 4 is 47.0 Å². The van der Waals surface area contributed by atoms with Crippen LogP contribution >= 0.6 is 21.4 Å². The number of ether oxygens (including phenoxy) is 4. The smallest absolute Gasteiger partial charge is 0.317 e. The third-order valence-electron chi connectivity index (χ3n) is 18.2.